The van der Waals surface area contributed by atoms with Crippen LogP contribution >= 0.6 is 0 Å². The van der Waals surface area contributed by atoms with Crippen molar-refractivity contribution in [2.75, 3.05) is 0 Å². The number of rotatable bonds is 8. The number of hydrogen-bond donors (Lipinski definition) is 4. The second-order valence-electron chi connectivity index (χ2n) is 5.41. The van der Waals surface area contributed by atoms with Gasteiger partial charge in [-0.1, -0.05) is 24.3 Å². The van der Waals surface area contributed by atoms with Gasteiger partial charge in [0.15, 0.2) is 0 Å². The third-order valence-electron chi connectivity index (χ3n) is 3.72. The maximum atomic E-state index is 12.9. The highest BCUT2D eigenvalue weighted by Crippen LogP contribution is 2.22. The Morgan fingerprint density at radius 3 is 1.42 bits per heavy atom. The van der Waals surface area contributed by atoms with Crippen molar-refractivity contribution in [1.29, 1.82) is 0 Å². The van der Waals surface area contributed by atoms with Crippen LogP contribution in [0.15, 0.2) is 48.5 Å². The van der Waals surface area contributed by atoms with Crippen LogP contribution in [0.3, 0.4) is 0 Å². The normalized spacial score (nSPS) is 13.5. The number of ketones is 1. The summed E-state index contributed by atoms with van der Waals surface area (Å²) in [7, 11) is 0. The number of carbonyl (C=O) groups is 1. The van der Waals surface area contributed by atoms with Gasteiger partial charge < -0.3 is 10.4 Å². The predicted octanol–water partition coefficient (Wildman–Crippen LogP) is 3.05. The number of hydrogen-bond acceptors (Lipinski definition) is 5. The van der Waals surface area contributed by atoms with E-state index in [2.05, 4.69) is 0 Å². The van der Waals surface area contributed by atoms with E-state index in [0.717, 1.165) is 0 Å². The number of nitrogens with one attached hydrogen (secondary N) is 2. The molecule has 0 saturated heterocycles. The van der Waals surface area contributed by atoms with Crippen molar-refractivity contribution in [2.24, 2.45) is 0 Å². The highest BCUT2D eigenvalue weighted by atomic mass is 19.1. The lowest BCUT2D eigenvalue weighted by Crippen LogP contribution is -2.25. The van der Waals surface area contributed by atoms with E-state index >= 15 is 0 Å². The van der Waals surface area contributed by atoms with Gasteiger partial charge >= 0.3 is 0 Å². The van der Waals surface area contributed by atoms with E-state index in [1.165, 1.54) is 48.5 Å². The molecule has 0 aliphatic rings. The minimum atomic E-state index is -0.689. The lowest BCUT2D eigenvalue weighted by Gasteiger charge is -2.18. The molecule has 2 atom stereocenters. The Morgan fingerprint density at radius 2 is 1.12 bits per heavy atom. The van der Waals surface area contributed by atoms with Crippen molar-refractivity contribution in [3.63, 3.8) is 0 Å². The fraction of sp³-hybridized carbons (Fsp3) is 0.235. The molecule has 4 N–H and O–H groups in total. The van der Waals surface area contributed by atoms with E-state index in [0.29, 0.717) is 11.1 Å². The molecular weight excluding hydrogens is 318 g/mol. The number of halogens is 2. The minimum absolute atomic E-state index is 0.0541. The van der Waals surface area contributed by atoms with Crippen molar-refractivity contribution >= 4 is 5.78 Å². The number of carbonyl (C=O) groups excluding carboxylic acids is 1. The Bertz CT molecular complexity index is 605. The average Bonchev–Trinajstić information content (AvgIpc) is 2.59. The van der Waals surface area contributed by atoms with Crippen LogP contribution in [0, 0.1) is 11.6 Å². The monoisotopic (exact) mass is 336 g/mol. The predicted molar refractivity (Wildman–Crippen MR) is 82.4 cm³/mol. The summed E-state index contributed by atoms with van der Waals surface area (Å²) in [5, 5.41) is 18.5. The van der Waals surface area contributed by atoms with Gasteiger partial charge in [0.25, 0.3) is 0 Å². The van der Waals surface area contributed by atoms with Gasteiger partial charge in [0.1, 0.15) is 17.4 Å². The summed E-state index contributed by atoms with van der Waals surface area (Å²) in [5.74, 6) is -1.08. The average molecular weight is 336 g/mol. The molecule has 0 saturated carbocycles. The standard InChI is InChI=1S/C17H18F2N2O3/c18-13-5-1-11(2-6-13)16(20-23)9-15(22)10-17(21-24)12-3-7-14(19)8-4-12/h1-8,16-17,20-21,23-24H,9-10H2. The lowest BCUT2D eigenvalue weighted by molar-refractivity contribution is -0.121. The van der Waals surface area contributed by atoms with Crippen LogP contribution < -0.4 is 11.0 Å². The number of benzene rings is 2. The zero-order valence-electron chi connectivity index (χ0n) is 12.7. The quantitative estimate of drug-likeness (QED) is 0.557. The Hall–Kier alpha value is -2.19. The summed E-state index contributed by atoms with van der Waals surface area (Å²) in [6.07, 6.45) is -0.108. The van der Waals surface area contributed by atoms with Gasteiger partial charge in [0.05, 0.1) is 12.1 Å². The van der Waals surface area contributed by atoms with E-state index < -0.39 is 23.7 Å². The van der Waals surface area contributed by atoms with Gasteiger partial charge in [-0.2, -0.15) is 11.0 Å². The molecule has 2 rings (SSSR count). The molecule has 0 spiro atoms. The molecule has 0 aromatic heterocycles. The molecule has 2 unspecified atom stereocenters. The third kappa shape index (κ3) is 4.90. The van der Waals surface area contributed by atoms with Crippen LogP contribution in [0.5, 0.6) is 0 Å². The van der Waals surface area contributed by atoms with Crippen molar-refractivity contribution in [1.82, 2.24) is 11.0 Å². The first-order valence-electron chi connectivity index (χ1n) is 7.35. The molecule has 0 amide bonds. The van der Waals surface area contributed by atoms with Crippen molar-refractivity contribution in [3.8, 4) is 0 Å². The largest absolute Gasteiger partial charge is 0.316 e. The lowest BCUT2D eigenvalue weighted by atomic mass is 9.96. The zero-order valence-corrected chi connectivity index (χ0v) is 12.7. The molecule has 5 nitrogen and oxygen atoms in total. The summed E-state index contributed by atoms with van der Waals surface area (Å²) in [6.45, 7) is 0. The molecule has 0 aliphatic heterocycles. The van der Waals surface area contributed by atoms with E-state index in [-0.39, 0.29) is 18.6 Å². The topological polar surface area (TPSA) is 81.6 Å². The maximum Gasteiger partial charge on any atom is 0.136 e. The Morgan fingerprint density at radius 1 is 0.792 bits per heavy atom. The summed E-state index contributed by atoms with van der Waals surface area (Å²) in [5.41, 5.74) is 5.18. The molecule has 0 fully saturated rings. The molecule has 0 radical (unpaired) electrons. The summed E-state index contributed by atoms with van der Waals surface area (Å²) in [6, 6.07) is 9.45. The minimum Gasteiger partial charge on any atom is -0.316 e. The fourth-order valence-corrected chi connectivity index (χ4v) is 2.40. The van der Waals surface area contributed by atoms with Gasteiger partial charge in [-0.15, -0.1) is 0 Å². The van der Waals surface area contributed by atoms with Crippen LogP contribution in [0.2, 0.25) is 0 Å². The molecule has 2 aromatic carbocycles. The molecule has 24 heavy (non-hydrogen) atoms. The second-order valence-corrected chi connectivity index (χ2v) is 5.41. The third-order valence-corrected chi connectivity index (χ3v) is 3.72. The number of Topliss-reactive ketones (excluding diaryl/α,β-unsaturated/α-hetero) is 1. The van der Waals surface area contributed by atoms with Crippen LogP contribution in [-0.4, -0.2) is 16.2 Å². The molecule has 7 heteroatoms. The molecule has 0 heterocycles. The first-order chi connectivity index (χ1) is 11.5. The van der Waals surface area contributed by atoms with E-state index in [9.17, 15) is 24.0 Å². The molecule has 128 valence electrons. The van der Waals surface area contributed by atoms with Crippen molar-refractivity contribution in [2.45, 2.75) is 24.9 Å². The summed E-state index contributed by atoms with van der Waals surface area (Å²) < 4.78 is 25.9. The highest BCUT2D eigenvalue weighted by Gasteiger charge is 2.20. The van der Waals surface area contributed by atoms with Crippen molar-refractivity contribution in [3.05, 3.63) is 71.3 Å². The van der Waals surface area contributed by atoms with Gasteiger partial charge in [-0.3, -0.25) is 4.79 Å². The maximum absolute atomic E-state index is 12.9. The summed E-state index contributed by atoms with van der Waals surface area (Å²) >= 11 is 0. The highest BCUT2D eigenvalue weighted by molar-refractivity contribution is 5.80. The molecular formula is C17H18F2N2O3. The molecule has 0 bridgehead atoms. The summed E-state index contributed by atoms with van der Waals surface area (Å²) in [4.78, 5) is 12.2. The first kappa shape index (κ1) is 18.2. The SMILES string of the molecule is O=C(CC(NO)c1ccc(F)cc1)CC(NO)c1ccc(F)cc1. The van der Waals surface area contributed by atoms with E-state index in [1.807, 2.05) is 11.0 Å². The Balaban J connectivity index is 2.01. The fourth-order valence-electron chi connectivity index (χ4n) is 2.40. The zero-order chi connectivity index (χ0) is 17.5. The van der Waals surface area contributed by atoms with Gasteiger partial charge in [-0.25, -0.2) is 8.78 Å². The van der Waals surface area contributed by atoms with Gasteiger partial charge in [-0.05, 0) is 35.4 Å². The van der Waals surface area contributed by atoms with E-state index in [4.69, 9.17) is 0 Å². The number of hydroxylamine groups is 2. The van der Waals surface area contributed by atoms with Crippen LogP contribution in [-0.2, 0) is 4.79 Å². The molecule has 0 aliphatic carbocycles. The van der Waals surface area contributed by atoms with Crippen molar-refractivity contribution < 1.29 is 24.0 Å². The Labute approximate surface area is 137 Å². The molecule has 2 aromatic rings. The van der Waals surface area contributed by atoms with E-state index in [1.54, 1.807) is 0 Å². The smallest absolute Gasteiger partial charge is 0.136 e. The van der Waals surface area contributed by atoms with Gasteiger partial charge in [0, 0.05) is 12.8 Å². The van der Waals surface area contributed by atoms with Gasteiger partial charge in [0.2, 0.25) is 0 Å². The van der Waals surface area contributed by atoms with Crippen LogP contribution in [0.25, 0.3) is 0 Å². The van der Waals surface area contributed by atoms with Crippen LogP contribution in [0.1, 0.15) is 36.1 Å². The van der Waals surface area contributed by atoms with Crippen LogP contribution in [0.4, 0.5) is 8.78 Å². The Kier molecular flexibility index (Phi) is 6.51. The first-order valence-corrected chi connectivity index (χ1v) is 7.35. The second kappa shape index (κ2) is 8.60.